The summed E-state index contributed by atoms with van der Waals surface area (Å²) in [6.07, 6.45) is 4.66. The topological polar surface area (TPSA) is 79.4 Å². The Labute approximate surface area is 123 Å². The van der Waals surface area contributed by atoms with Crippen molar-refractivity contribution in [2.75, 3.05) is 11.9 Å². The minimum absolute atomic E-state index is 0.694. The molecule has 0 spiro atoms. The van der Waals surface area contributed by atoms with Crippen LogP contribution in [0.15, 0.2) is 16.5 Å². The van der Waals surface area contributed by atoms with Gasteiger partial charge in [-0.05, 0) is 31.5 Å². The van der Waals surface area contributed by atoms with Crippen LogP contribution in [0, 0.1) is 6.92 Å². The van der Waals surface area contributed by atoms with Crippen molar-refractivity contribution in [3.05, 3.63) is 17.7 Å². The van der Waals surface area contributed by atoms with Crippen LogP contribution in [0.5, 0.6) is 0 Å². The Hall–Kier alpha value is -1.63. The highest BCUT2D eigenvalue weighted by Gasteiger charge is 2.13. The molecule has 0 aliphatic heterocycles. The summed E-state index contributed by atoms with van der Waals surface area (Å²) in [7, 11) is 0. The van der Waals surface area contributed by atoms with Gasteiger partial charge >= 0.3 is 0 Å². The number of hydrogen-bond donors (Lipinski definition) is 2. The van der Waals surface area contributed by atoms with Gasteiger partial charge in [0.05, 0.1) is 0 Å². The minimum atomic E-state index is 0.694. The molecule has 0 fully saturated rings. The van der Waals surface area contributed by atoms with E-state index < -0.39 is 0 Å². The lowest BCUT2D eigenvalue weighted by Gasteiger charge is -2.12. The standard InChI is InChI=1S/C13H20N6S/c1-4-6-10-11(14-7-5-2)15-8-16-12(10)20-13-17-9(3)18-19-13/h8H,4-7H2,1-3H3,(H,14,15,16)(H,17,18,19). The van der Waals surface area contributed by atoms with Crippen molar-refractivity contribution in [3.63, 3.8) is 0 Å². The van der Waals surface area contributed by atoms with Gasteiger partial charge in [-0.3, -0.25) is 5.10 Å². The van der Waals surface area contributed by atoms with E-state index >= 15 is 0 Å². The summed E-state index contributed by atoms with van der Waals surface area (Å²) in [4.78, 5) is 13.1. The number of nitrogens with one attached hydrogen (secondary N) is 2. The highest BCUT2D eigenvalue weighted by Crippen LogP contribution is 2.29. The molecule has 2 heterocycles. The van der Waals surface area contributed by atoms with E-state index in [4.69, 9.17) is 0 Å². The van der Waals surface area contributed by atoms with Crippen molar-refractivity contribution in [3.8, 4) is 0 Å². The third-order valence-corrected chi connectivity index (χ3v) is 3.62. The Morgan fingerprint density at radius 3 is 2.75 bits per heavy atom. The molecule has 0 saturated heterocycles. The first kappa shape index (κ1) is 14.8. The van der Waals surface area contributed by atoms with E-state index in [-0.39, 0.29) is 0 Å². The molecular weight excluding hydrogens is 272 g/mol. The predicted molar refractivity (Wildman–Crippen MR) is 80.1 cm³/mol. The summed E-state index contributed by atoms with van der Waals surface area (Å²) in [5, 5.41) is 12.0. The molecule has 0 unspecified atom stereocenters. The maximum Gasteiger partial charge on any atom is 0.214 e. The molecule has 0 aliphatic carbocycles. The Morgan fingerprint density at radius 2 is 2.10 bits per heavy atom. The minimum Gasteiger partial charge on any atom is -0.370 e. The molecule has 0 atom stereocenters. The first-order chi connectivity index (χ1) is 9.74. The van der Waals surface area contributed by atoms with Gasteiger partial charge < -0.3 is 5.32 Å². The molecule has 2 rings (SSSR count). The Bertz CT molecular complexity index is 554. The van der Waals surface area contributed by atoms with E-state index in [1.54, 1.807) is 6.33 Å². The van der Waals surface area contributed by atoms with Crippen LogP contribution in [0.1, 0.15) is 38.1 Å². The predicted octanol–water partition coefficient (Wildman–Crippen LogP) is 2.83. The van der Waals surface area contributed by atoms with Gasteiger partial charge in [0.1, 0.15) is 23.0 Å². The molecule has 0 amide bonds. The highest BCUT2D eigenvalue weighted by atomic mass is 32.2. The SMILES string of the molecule is CCCNc1ncnc(Sc2n[nH]c(C)n2)c1CCC. The molecule has 0 radical (unpaired) electrons. The lowest BCUT2D eigenvalue weighted by atomic mass is 10.2. The number of aromatic amines is 1. The number of anilines is 1. The van der Waals surface area contributed by atoms with Crippen molar-refractivity contribution >= 4 is 17.6 Å². The molecule has 0 aliphatic rings. The van der Waals surface area contributed by atoms with Crippen LogP contribution >= 0.6 is 11.8 Å². The van der Waals surface area contributed by atoms with Gasteiger partial charge in [-0.2, -0.15) is 0 Å². The van der Waals surface area contributed by atoms with Crippen LogP contribution in [0.4, 0.5) is 5.82 Å². The zero-order chi connectivity index (χ0) is 14.4. The molecule has 20 heavy (non-hydrogen) atoms. The first-order valence-electron chi connectivity index (χ1n) is 6.89. The molecular formula is C13H20N6S. The number of aryl methyl sites for hydroxylation is 1. The normalized spacial score (nSPS) is 10.8. The molecule has 2 aromatic heterocycles. The summed E-state index contributed by atoms with van der Waals surface area (Å²) in [5.74, 6) is 1.74. The quantitative estimate of drug-likeness (QED) is 0.764. The average Bonchev–Trinajstić information content (AvgIpc) is 2.85. The van der Waals surface area contributed by atoms with E-state index in [1.807, 2.05) is 6.92 Å². The van der Waals surface area contributed by atoms with Gasteiger partial charge in [-0.15, -0.1) is 5.10 Å². The molecule has 0 bridgehead atoms. The molecule has 0 aromatic carbocycles. The second-order valence-corrected chi connectivity index (χ2v) is 5.44. The summed E-state index contributed by atoms with van der Waals surface area (Å²) >= 11 is 1.48. The van der Waals surface area contributed by atoms with Crippen LogP contribution in [0.3, 0.4) is 0 Å². The maximum absolute atomic E-state index is 4.39. The Morgan fingerprint density at radius 1 is 1.25 bits per heavy atom. The van der Waals surface area contributed by atoms with Crippen molar-refractivity contribution in [1.29, 1.82) is 0 Å². The summed E-state index contributed by atoms with van der Waals surface area (Å²) < 4.78 is 0. The van der Waals surface area contributed by atoms with Gasteiger partial charge in [0.15, 0.2) is 0 Å². The van der Waals surface area contributed by atoms with Crippen molar-refractivity contribution in [2.45, 2.75) is 50.2 Å². The van der Waals surface area contributed by atoms with Crippen molar-refractivity contribution in [1.82, 2.24) is 25.1 Å². The molecule has 2 N–H and O–H groups in total. The van der Waals surface area contributed by atoms with E-state index in [0.29, 0.717) is 5.16 Å². The second kappa shape index (κ2) is 7.23. The van der Waals surface area contributed by atoms with Crippen LogP contribution in [0.25, 0.3) is 0 Å². The molecule has 108 valence electrons. The Balaban J connectivity index is 2.25. The number of H-pyrrole nitrogens is 1. The van der Waals surface area contributed by atoms with Crippen LogP contribution in [0.2, 0.25) is 0 Å². The second-order valence-electron chi connectivity index (χ2n) is 4.49. The fourth-order valence-electron chi connectivity index (χ4n) is 1.81. The van der Waals surface area contributed by atoms with Gasteiger partial charge in [0, 0.05) is 12.1 Å². The monoisotopic (exact) mass is 292 g/mol. The van der Waals surface area contributed by atoms with Gasteiger partial charge in [-0.25, -0.2) is 15.0 Å². The fraction of sp³-hybridized carbons (Fsp3) is 0.538. The lowest BCUT2D eigenvalue weighted by Crippen LogP contribution is -2.07. The third kappa shape index (κ3) is 3.69. The Kier molecular flexibility index (Phi) is 5.34. The van der Waals surface area contributed by atoms with E-state index in [2.05, 4.69) is 44.3 Å². The maximum atomic E-state index is 4.39. The van der Waals surface area contributed by atoms with Crippen LogP contribution in [-0.2, 0) is 6.42 Å². The lowest BCUT2D eigenvalue weighted by molar-refractivity contribution is 0.846. The summed E-state index contributed by atoms with van der Waals surface area (Å²) in [6, 6.07) is 0. The van der Waals surface area contributed by atoms with E-state index in [1.165, 1.54) is 11.8 Å². The van der Waals surface area contributed by atoms with Gasteiger partial charge in [0.25, 0.3) is 0 Å². The number of aromatic nitrogens is 5. The largest absolute Gasteiger partial charge is 0.370 e. The molecule has 7 heteroatoms. The molecule has 6 nitrogen and oxygen atoms in total. The smallest absolute Gasteiger partial charge is 0.214 e. The van der Waals surface area contributed by atoms with E-state index in [0.717, 1.165) is 48.0 Å². The average molecular weight is 292 g/mol. The first-order valence-corrected chi connectivity index (χ1v) is 7.70. The highest BCUT2D eigenvalue weighted by molar-refractivity contribution is 7.99. The third-order valence-electron chi connectivity index (χ3n) is 2.71. The number of hydrogen-bond acceptors (Lipinski definition) is 6. The van der Waals surface area contributed by atoms with Crippen LogP contribution in [-0.4, -0.2) is 31.7 Å². The van der Waals surface area contributed by atoms with Crippen molar-refractivity contribution in [2.24, 2.45) is 0 Å². The number of nitrogens with zero attached hydrogens (tertiary/aromatic N) is 4. The zero-order valence-corrected chi connectivity index (χ0v) is 12.9. The fourth-order valence-corrected chi connectivity index (χ4v) is 2.68. The van der Waals surface area contributed by atoms with Gasteiger partial charge in [0.2, 0.25) is 5.16 Å². The summed E-state index contributed by atoms with van der Waals surface area (Å²) in [6.45, 7) is 7.09. The van der Waals surface area contributed by atoms with Crippen LogP contribution < -0.4 is 5.32 Å². The van der Waals surface area contributed by atoms with Crippen molar-refractivity contribution < 1.29 is 0 Å². The summed E-state index contributed by atoms with van der Waals surface area (Å²) in [5.41, 5.74) is 1.15. The molecule has 2 aromatic rings. The molecule has 0 saturated carbocycles. The van der Waals surface area contributed by atoms with Gasteiger partial charge in [-0.1, -0.05) is 20.3 Å². The number of rotatable bonds is 7. The zero-order valence-electron chi connectivity index (χ0n) is 12.1. The van der Waals surface area contributed by atoms with E-state index in [9.17, 15) is 0 Å².